The van der Waals surface area contributed by atoms with Crippen molar-refractivity contribution < 1.29 is 0 Å². The molecule has 0 radical (unpaired) electrons. The average Bonchev–Trinajstić information content (AvgIpc) is 2.54. The first kappa shape index (κ1) is 13.4. The molecule has 4 heteroatoms. The van der Waals surface area contributed by atoms with Crippen molar-refractivity contribution in [2.24, 2.45) is 12.8 Å². The molecule has 0 fully saturated rings. The highest BCUT2D eigenvalue weighted by Gasteiger charge is 2.08. The van der Waals surface area contributed by atoms with Gasteiger partial charge in [-0.2, -0.15) is 0 Å². The van der Waals surface area contributed by atoms with Gasteiger partial charge in [-0.15, -0.1) is 12.4 Å². The van der Waals surface area contributed by atoms with Crippen LogP contribution < -0.4 is 5.73 Å². The zero-order valence-corrected chi connectivity index (χ0v) is 10.8. The normalized spacial score (nSPS) is 10.4. The van der Waals surface area contributed by atoms with Gasteiger partial charge in [0.25, 0.3) is 0 Å². The molecule has 0 unspecified atom stereocenters. The van der Waals surface area contributed by atoms with Gasteiger partial charge in [-0.1, -0.05) is 23.7 Å². The first-order valence-electron chi connectivity index (χ1n) is 5.16. The number of nitrogens with zero attached hydrogens (tertiary/aromatic N) is 1. The Morgan fingerprint density at radius 3 is 2.81 bits per heavy atom. The number of aryl methyl sites for hydroxylation is 2. The van der Waals surface area contributed by atoms with Crippen LogP contribution in [0.15, 0.2) is 24.4 Å². The molecule has 1 aromatic heterocycles. The second kappa shape index (κ2) is 5.58. The number of benzene rings is 1. The maximum atomic E-state index is 6.16. The Bertz CT molecular complexity index is 477. The van der Waals surface area contributed by atoms with Crippen LogP contribution in [0.2, 0.25) is 5.02 Å². The van der Waals surface area contributed by atoms with Gasteiger partial charge in [0.05, 0.1) is 10.5 Å². The predicted molar refractivity (Wildman–Crippen MR) is 72.6 cm³/mol. The van der Waals surface area contributed by atoms with Gasteiger partial charge < -0.3 is 10.3 Å². The van der Waals surface area contributed by atoms with Gasteiger partial charge in [-0.05, 0) is 31.0 Å². The van der Waals surface area contributed by atoms with Crippen molar-refractivity contribution in [2.45, 2.75) is 12.8 Å². The molecule has 2 nitrogen and oxygen atoms in total. The van der Waals surface area contributed by atoms with E-state index in [2.05, 4.69) is 16.8 Å². The molecule has 2 aromatic rings. The molecule has 0 atom stereocenters. The summed E-state index contributed by atoms with van der Waals surface area (Å²) in [5.74, 6) is 0. The van der Waals surface area contributed by atoms with Crippen LogP contribution in [0.25, 0.3) is 10.9 Å². The van der Waals surface area contributed by atoms with Crippen molar-refractivity contribution in [3.8, 4) is 0 Å². The molecule has 2 rings (SSSR count). The van der Waals surface area contributed by atoms with E-state index in [0.717, 1.165) is 29.9 Å². The zero-order chi connectivity index (χ0) is 10.8. The van der Waals surface area contributed by atoms with Crippen molar-refractivity contribution in [3.63, 3.8) is 0 Å². The SMILES string of the molecule is Cl.Cn1cc(CCCN)c2cccc(Cl)c21. The lowest BCUT2D eigenvalue weighted by Gasteiger charge is -1.98. The number of fused-ring (bicyclic) bond motifs is 1. The Kier molecular flexibility index (Phi) is 4.66. The van der Waals surface area contributed by atoms with Crippen molar-refractivity contribution >= 4 is 34.9 Å². The van der Waals surface area contributed by atoms with Crippen LogP contribution in [-0.2, 0) is 13.5 Å². The predicted octanol–water partition coefficient (Wildman–Crippen LogP) is 3.14. The number of para-hydroxylation sites is 1. The van der Waals surface area contributed by atoms with Gasteiger partial charge in [-0.25, -0.2) is 0 Å². The third kappa shape index (κ3) is 2.34. The van der Waals surface area contributed by atoms with Crippen LogP contribution in [0.4, 0.5) is 0 Å². The molecule has 16 heavy (non-hydrogen) atoms. The highest BCUT2D eigenvalue weighted by atomic mass is 35.5. The Morgan fingerprint density at radius 2 is 2.12 bits per heavy atom. The van der Waals surface area contributed by atoms with E-state index in [1.807, 2.05) is 19.2 Å². The Balaban J connectivity index is 0.00000128. The van der Waals surface area contributed by atoms with E-state index in [0.29, 0.717) is 0 Å². The monoisotopic (exact) mass is 258 g/mol. The Labute approximate surface area is 107 Å². The van der Waals surface area contributed by atoms with Crippen molar-refractivity contribution in [1.29, 1.82) is 0 Å². The average molecular weight is 259 g/mol. The highest BCUT2D eigenvalue weighted by molar-refractivity contribution is 6.35. The lowest BCUT2D eigenvalue weighted by Crippen LogP contribution is -1.99. The number of hydrogen-bond acceptors (Lipinski definition) is 1. The second-order valence-electron chi connectivity index (χ2n) is 3.79. The standard InChI is InChI=1S/C12H15ClN2.ClH/c1-15-8-9(4-3-7-14)10-5-2-6-11(13)12(10)15;/h2,5-6,8H,3-4,7,14H2,1H3;1H. The van der Waals surface area contributed by atoms with E-state index >= 15 is 0 Å². The first-order valence-corrected chi connectivity index (χ1v) is 5.54. The molecule has 0 saturated carbocycles. The molecule has 0 aliphatic rings. The minimum atomic E-state index is 0. The maximum Gasteiger partial charge on any atom is 0.0669 e. The first-order chi connectivity index (χ1) is 7.24. The molecule has 0 spiro atoms. The molecule has 2 N–H and O–H groups in total. The summed E-state index contributed by atoms with van der Waals surface area (Å²) >= 11 is 6.16. The fraction of sp³-hybridized carbons (Fsp3) is 0.333. The molecule has 0 bridgehead atoms. The van der Waals surface area contributed by atoms with Crippen LogP contribution in [0.1, 0.15) is 12.0 Å². The van der Waals surface area contributed by atoms with Gasteiger partial charge in [0, 0.05) is 18.6 Å². The van der Waals surface area contributed by atoms with E-state index in [-0.39, 0.29) is 12.4 Å². The molecule has 0 amide bonds. The topological polar surface area (TPSA) is 30.9 Å². The van der Waals surface area contributed by atoms with E-state index in [1.165, 1.54) is 10.9 Å². The summed E-state index contributed by atoms with van der Waals surface area (Å²) in [5, 5.41) is 2.06. The lowest BCUT2D eigenvalue weighted by atomic mass is 10.1. The largest absolute Gasteiger partial charge is 0.349 e. The molecular weight excluding hydrogens is 243 g/mol. The molecule has 88 valence electrons. The third-order valence-electron chi connectivity index (χ3n) is 2.69. The third-order valence-corrected chi connectivity index (χ3v) is 2.99. The fourth-order valence-electron chi connectivity index (χ4n) is 1.99. The minimum absolute atomic E-state index is 0. The van der Waals surface area contributed by atoms with E-state index in [9.17, 15) is 0 Å². The Hall–Kier alpha value is -0.700. The molecule has 1 aromatic carbocycles. The number of rotatable bonds is 3. The van der Waals surface area contributed by atoms with Gasteiger partial charge >= 0.3 is 0 Å². The van der Waals surface area contributed by atoms with Crippen LogP contribution in [0.5, 0.6) is 0 Å². The number of halogens is 2. The summed E-state index contributed by atoms with van der Waals surface area (Å²) in [7, 11) is 2.03. The number of aromatic nitrogens is 1. The summed E-state index contributed by atoms with van der Waals surface area (Å²) in [6.07, 6.45) is 4.19. The molecular formula is C12H16Cl2N2. The fourth-order valence-corrected chi connectivity index (χ4v) is 2.30. The number of hydrogen-bond donors (Lipinski definition) is 1. The molecule has 1 heterocycles. The maximum absolute atomic E-state index is 6.16. The van der Waals surface area contributed by atoms with Crippen molar-refractivity contribution in [3.05, 3.63) is 35.0 Å². The van der Waals surface area contributed by atoms with Crippen LogP contribution in [0.3, 0.4) is 0 Å². The van der Waals surface area contributed by atoms with Gasteiger partial charge in [0.15, 0.2) is 0 Å². The lowest BCUT2D eigenvalue weighted by molar-refractivity contribution is 0.830. The summed E-state index contributed by atoms with van der Waals surface area (Å²) in [4.78, 5) is 0. The van der Waals surface area contributed by atoms with E-state index in [4.69, 9.17) is 17.3 Å². The van der Waals surface area contributed by atoms with Crippen LogP contribution in [-0.4, -0.2) is 11.1 Å². The van der Waals surface area contributed by atoms with E-state index < -0.39 is 0 Å². The Morgan fingerprint density at radius 1 is 1.38 bits per heavy atom. The quantitative estimate of drug-likeness (QED) is 0.901. The summed E-state index contributed by atoms with van der Waals surface area (Å²) in [6, 6.07) is 6.04. The summed E-state index contributed by atoms with van der Waals surface area (Å²) < 4.78 is 2.09. The zero-order valence-electron chi connectivity index (χ0n) is 9.24. The molecule has 0 saturated heterocycles. The smallest absolute Gasteiger partial charge is 0.0669 e. The summed E-state index contributed by atoms with van der Waals surface area (Å²) in [6.45, 7) is 0.733. The van der Waals surface area contributed by atoms with Gasteiger partial charge in [0.2, 0.25) is 0 Å². The van der Waals surface area contributed by atoms with Crippen LogP contribution in [0, 0.1) is 0 Å². The highest BCUT2D eigenvalue weighted by Crippen LogP contribution is 2.27. The van der Waals surface area contributed by atoms with Gasteiger partial charge in [0.1, 0.15) is 0 Å². The summed E-state index contributed by atoms with van der Waals surface area (Å²) in [5.41, 5.74) is 7.97. The number of nitrogens with two attached hydrogens (primary N) is 1. The van der Waals surface area contributed by atoms with Crippen molar-refractivity contribution in [2.75, 3.05) is 6.54 Å². The van der Waals surface area contributed by atoms with E-state index in [1.54, 1.807) is 0 Å². The molecule has 0 aliphatic carbocycles. The second-order valence-corrected chi connectivity index (χ2v) is 4.20. The molecule has 0 aliphatic heterocycles. The van der Waals surface area contributed by atoms with Crippen LogP contribution >= 0.6 is 24.0 Å². The van der Waals surface area contributed by atoms with Gasteiger partial charge in [-0.3, -0.25) is 0 Å². The van der Waals surface area contributed by atoms with Crippen molar-refractivity contribution in [1.82, 2.24) is 4.57 Å². The minimum Gasteiger partial charge on any atom is -0.349 e.